The van der Waals surface area contributed by atoms with Gasteiger partial charge >= 0.3 is 0 Å². The summed E-state index contributed by atoms with van der Waals surface area (Å²) in [7, 11) is 1.63. The van der Waals surface area contributed by atoms with Crippen molar-refractivity contribution in [1.29, 1.82) is 0 Å². The minimum atomic E-state index is -0.470. The maximum atomic E-state index is 13.0. The van der Waals surface area contributed by atoms with Gasteiger partial charge in [0.1, 0.15) is 11.6 Å². The Morgan fingerprint density at radius 1 is 1.21 bits per heavy atom. The number of benzene rings is 2. The molecule has 0 saturated heterocycles. The monoisotopic (exact) mass is 400 g/mol. The first-order valence-electron chi connectivity index (χ1n) is 8.37. The van der Waals surface area contributed by atoms with Gasteiger partial charge < -0.3 is 9.64 Å². The van der Waals surface area contributed by atoms with Crippen molar-refractivity contribution in [2.75, 3.05) is 13.7 Å². The summed E-state index contributed by atoms with van der Waals surface area (Å²) < 4.78 is 18.7. The van der Waals surface area contributed by atoms with Crippen LogP contribution in [0, 0.1) is 15.9 Å². The zero-order valence-corrected chi connectivity index (χ0v) is 15.8. The molecule has 2 aromatic carbocycles. The first-order chi connectivity index (χ1) is 13.4. The third kappa shape index (κ3) is 4.72. The first-order valence-corrected chi connectivity index (χ1v) is 9.25. The van der Waals surface area contributed by atoms with Gasteiger partial charge in [-0.25, -0.2) is 4.39 Å². The number of ether oxygens (including phenoxy) is 1. The van der Waals surface area contributed by atoms with Gasteiger partial charge in [-0.3, -0.25) is 14.9 Å². The second-order valence-corrected chi connectivity index (χ2v) is 7.03. The number of amides is 1. The van der Waals surface area contributed by atoms with Crippen LogP contribution in [0.2, 0.25) is 0 Å². The highest BCUT2D eigenvalue weighted by Gasteiger charge is 2.16. The summed E-state index contributed by atoms with van der Waals surface area (Å²) in [6, 6.07) is 13.9. The van der Waals surface area contributed by atoms with Crippen molar-refractivity contribution in [3.63, 3.8) is 0 Å². The fourth-order valence-electron chi connectivity index (χ4n) is 2.58. The summed E-state index contributed by atoms with van der Waals surface area (Å²) in [6.45, 7) is 0.106. The van der Waals surface area contributed by atoms with Gasteiger partial charge in [-0.15, -0.1) is 11.3 Å². The van der Waals surface area contributed by atoms with Gasteiger partial charge in [0.2, 0.25) is 0 Å². The second-order valence-electron chi connectivity index (χ2n) is 6.08. The zero-order chi connectivity index (χ0) is 20.1. The molecule has 1 amide bonds. The van der Waals surface area contributed by atoms with E-state index in [1.54, 1.807) is 19.2 Å². The second kappa shape index (κ2) is 8.62. The Morgan fingerprint density at radius 3 is 2.61 bits per heavy atom. The van der Waals surface area contributed by atoms with Gasteiger partial charge in [0.05, 0.1) is 4.92 Å². The molecule has 28 heavy (non-hydrogen) atoms. The number of hydrogen-bond donors (Lipinski definition) is 0. The van der Waals surface area contributed by atoms with E-state index in [9.17, 15) is 19.3 Å². The van der Waals surface area contributed by atoms with Crippen molar-refractivity contribution in [2.24, 2.45) is 0 Å². The van der Waals surface area contributed by atoms with Crippen molar-refractivity contribution >= 4 is 22.9 Å². The van der Waals surface area contributed by atoms with Crippen LogP contribution in [0.1, 0.15) is 5.56 Å². The van der Waals surface area contributed by atoms with Gasteiger partial charge in [-0.1, -0.05) is 18.2 Å². The van der Waals surface area contributed by atoms with Crippen molar-refractivity contribution in [2.45, 2.75) is 6.54 Å². The van der Waals surface area contributed by atoms with Gasteiger partial charge in [0, 0.05) is 36.2 Å². The number of non-ortho nitro benzene ring substituents is 1. The fourth-order valence-corrected chi connectivity index (χ4v) is 3.33. The summed E-state index contributed by atoms with van der Waals surface area (Å²) in [4.78, 5) is 25.3. The molecule has 0 fully saturated rings. The predicted octanol–water partition coefficient (Wildman–Crippen LogP) is 4.50. The molecule has 0 atom stereocenters. The number of hydrogen-bond acceptors (Lipinski definition) is 5. The smallest absolute Gasteiger partial charge is 0.270 e. The average Bonchev–Trinajstić information content (AvgIpc) is 3.22. The molecule has 8 heteroatoms. The van der Waals surface area contributed by atoms with Crippen LogP contribution in [0.25, 0.3) is 10.4 Å². The molecule has 0 bridgehead atoms. The lowest BCUT2D eigenvalue weighted by Gasteiger charge is -2.18. The minimum Gasteiger partial charge on any atom is -0.483 e. The van der Waals surface area contributed by atoms with Crippen LogP contribution in [0.5, 0.6) is 5.75 Å². The number of carbonyl (C=O) groups excluding carboxylic acids is 1. The SMILES string of the molecule is CN(Cc1ccc(F)cc1)C(=O)COc1ccc([N+](=O)[O-])cc1-c1cccs1. The van der Waals surface area contributed by atoms with Crippen molar-refractivity contribution < 1.29 is 18.8 Å². The van der Waals surface area contributed by atoms with Crippen LogP contribution >= 0.6 is 11.3 Å². The molecular weight excluding hydrogens is 383 g/mol. The molecular formula is C20H17FN2O4S. The molecule has 144 valence electrons. The Labute approximate surface area is 164 Å². The summed E-state index contributed by atoms with van der Waals surface area (Å²) >= 11 is 1.43. The maximum Gasteiger partial charge on any atom is 0.270 e. The Bertz CT molecular complexity index is 974. The summed E-state index contributed by atoms with van der Waals surface area (Å²) in [5.41, 5.74) is 1.32. The standard InChI is InChI=1S/C20H17FN2O4S/c1-22(12-14-4-6-15(21)7-5-14)20(24)13-27-18-9-8-16(23(25)26)11-17(18)19-3-2-10-28-19/h2-11H,12-13H2,1H3. The van der Waals surface area contributed by atoms with E-state index in [-0.39, 0.29) is 24.0 Å². The van der Waals surface area contributed by atoms with Crippen molar-refractivity contribution in [3.05, 3.63) is 81.5 Å². The molecule has 0 aliphatic carbocycles. The predicted molar refractivity (Wildman–Crippen MR) is 105 cm³/mol. The number of rotatable bonds is 7. The Morgan fingerprint density at radius 2 is 1.96 bits per heavy atom. The lowest BCUT2D eigenvalue weighted by Crippen LogP contribution is -2.31. The number of thiophene rings is 1. The van der Waals surface area contributed by atoms with E-state index in [1.165, 1.54) is 46.6 Å². The van der Waals surface area contributed by atoms with Crippen LogP contribution in [0.4, 0.5) is 10.1 Å². The largest absolute Gasteiger partial charge is 0.483 e. The van der Waals surface area contributed by atoms with E-state index < -0.39 is 4.92 Å². The van der Waals surface area contributed by atoms with Crippen LogP contribution in [-0.2, 0) is 11.3 Å². The third-order valence-electron chi connectivity index (χ3n) is 4.07. The normalized spacial score (nSPS) is 10.5. The van der Waals surface area contributed by atoms with Crippen molar-refractivity contribution in [3.8, 4) is 16.2 Å². The summed E-state index contributed by atoms with van der Waals surface area (Å²) in [6.07, 6.45) is 0. The molecule has 1 aromatic heterocycles. The number of likely N-dealkylation sites (N-methyl/N-ethyl adjacent to an activating group) is 1. The Kier molecular flexibility index (Phi) is 6.00. The average molecular weight is 400 g/mol. The highest BCUT2D eigenvalue weighted by Crippen LogP contribution is 2.36. The van der Waals surface area contributed by atoms with Gasteiger partial charge in [0.15, 0.2) is 6.61 Å². The van der Waals surface area contributed by atoms with E-state index in [2.05, 4.69) is 0 Å². The lowest BCUT2D eigenvalue weighted by molar-refractivity contribution is -0.384. The Balaban J connectivity index is 1.70. The molecule has 1 heterocycles. The molecule has 0 unspecified atom stereocenters. The lowest BCUT2D eigenvalue weighted by atomic mass is 10.1. The number of nitro groups is 1. The minimum absolute atomic E-state index is 0.0458. The summed E-state index contributed by atoms with van der Waals surface area (Å²) in [5.74, 6) is -0.197. The molecule has 0 N–H and O–H groups in total. The number of nitrogens with zero attached hydrogens (tertiary/aromatic N) is 2. The van der Waals surface area contributed by atoms with E-state index >= 15 is 0 Å². The van der Waals surface area contributed by atoms with Crippen LogP contribution in [0.15, 0.2) is 60.0 Å². The number of nitro benzene ring substituents is 1. The highest BCUT2D eigenvalue weighted by atomic mass is 32.1. The molecule has 3 rings (SSSR count). The molecule has 0 aliphatic heterocycles. The Hall–Kier alpha value is -3.26. The molecule has 0 radical (unpaired) electrons. The topological polar surface area (TPSA) is 72.7 Å². The number of carbonyl (C=O) groups is 1. The van der Waals surface area contributed by atoms with Crippen LogP contribution < -0.4 is 4.74 Å². The molecule has 0 saturated carbocycles. The quantitative estimate of drug-likeness (QED) is 0.432. The number of halogens is 1. The molecule has 0 aliphatic rings. The van der Waals surface area contributed by atoms with E-state index in [4.69, 9.17) is 4.74 Å². The first kappa shape index (κ1) is 19.5. The van der Waals surface area contributed by atoms with Gasteiger partial charge in [-0.05, 0) is 35.2 Å². The third-order valence-corrected chi connectivity index (χ3v) is 4.97. The maximum absolute atomic E-state index is 13.0. The van der Waals surface area contributed by atoms with Crippen molar-refractivity contribution in [1.82, 2.24) is 4.90 Å². The van der Waals surface area contributed by atoms with Crippen LogP contribution in [0.3, 0.4) is 0 Å². The fraction of sp³-hybridized carbons (Fsp3) is 0.150. The molecule has 3 aromatic rings. The van der Waals surface area contributed by atoms with Crippen LogP contribution in [-0.4, -0.2) is 29.4 Å². The highest BCUT2D eigenvalue weighted by molar-refractivity contribution is 7.13. The molecule has 0 spiro atoms. The molecule has 6 nitrogen and oxygen atoms in total. The van der Waals surface area contributed by atoms with E-state index in [0.717, 1.165) is 10.4 Å². The summed E-state index contributed by atoms with van der Waals surface area (Å²) in [5, 5.41) is 12.9. The zero-order valence-electron chi connectivity index (χ0n) is 15.0. The van der Waals surface area contributed by atoms with E-state index in [0.29, 0.717) is 17.9 Å². The van der Waals surface area contributed by atoms with E-state index in [1.807, 2.05) is 17.5 Å². The van der Waals surface area contributed by atoms with Gasteiger partial charge in [-0.2, -0.15) is 0 Å². The van der Waals surface area contributed by atoms with Gasteiger partial charge in [0.25, 0.3) is 11.6 Å².